The van der Waals surface area contributed by atoms with Crippen LogP contribution in [-0.4, -0.2) is 109 Å². The number of rotatable bonds is 22. The summed E-state index contributed by atoms with van der Waals surface area (Å²) in [7, 11) is 0. The number of alkyl halides is 1. The summed E-state index contributed by atoms with van der Waals surface area (Å²) < 4.78 is 45.1. The lowest BCUT2D eigenvalue weighted by Gasteiger charge is -2.10. The number of ether oxygens (including phenoxy) is 6. The molecule has 0 saturated carbocycles. The summed E-state index contributed by atoms with van der Waals surface area (Å²) in [6.07, 6.45) is 0.390. The molecule has 0 aliphatic rings. The number of thioether (sulfide) groups is 1. The standard InChI is InChI=1S/C20H38FNO8S/c1-17(2)19(23)16-30-13-11-28-9-7-26-5-4-25-6-8-27-10-12-29-15-18(21)14-22-20(24)31-3/h17-18H,4-16H2,1-3H3,(H,22,24). The molecular weight excluding hydrogens is 433 g/mol. The first-order valence-corrected chi connectivity index (χ1v) is 11.6. The maximum absolute atomic E-state index is 13.4. The molecular formula is C20H38FNO8S. The Morgan fingerprint density at radius 1 is 0.774 bits per heavy atom. The minimum Gasteiger partial charge on any atom is -0.377 e. The van der Waals surface area contributed by atoms with Crippen molar-refractivity contribution < 1.29 is 42.4 Å². The van der Waals surface area contributed by atoms with Crippen LogP contribution in [0.1, 0.15) is 13.8 Å². The van der Waals surface area contributed by atoms with Crippen molar-refractivity contribution in [2.75, 3.05) is 92.1 Å². The van der Waals surface area contributed by atoms with Gasteiger partial charge >= 0.3 is 0 Å². The third kappa shape index (κ3) is 22.2. The van der Waals surface area contributed by atoms with Crippen molar-refractivity contribution in [3.05, 3.63) is 0 Å². The zero-order valence-corrected chi connectivity index (χ0v) is 19.7. The largest absolute Gasteiger partial charge is 0.377 e. The summed E-state index contributed by atoms with van der Waals surface area (Å²) in [5.41, 5.74) is 0. The fraction of sp³-hybridized carbons (Fsp3) is 0.900. The maximum Gasteiger partial charge on any atom is 0.278 e. The Labute approximate surface area is 189 Å². The Morgan fingerprint density at radius 2 is 1.19 bits per heavy atom. The first-order valence-electron chi connectivity index (χ1n) is 10.4. The second-order valence-electron chi connectivity index (χ2n) is 6.67. The predicted molar refractivity (Wildman–Crippen MR) is 117 cm³/mol. The molecule has 0 aromatic heterocycles. The number of hydrogen-bond donors (Lipinski definition) is 1. The van der Waals surface area contributed by atoms with Crippen LogP contribution in [0, 0.1) is 5.92 Å². The van der Waals surface area contributed by atoms with Crippen LogP contribution in [0.2, 0.25) is 0 Å². The molecule has 31 heavy (non-hydrogen) atoms. The molecule has 0 heterocycles. The van der Waals surface area contributed by atoms with Crippen LogP contribution >= 0.6 is 11.8 Å². The van der Waals surface area contributed by atoms with E-state index in [-0.39, 0.29) is 43.3 Å². The summed E-state index contributed by atoms with van der Waals surface area (Å²) >= 11 is 1.00. The third-order valence-corrected chi connectivity index (χ3v) is 4.22. The quantitative estimate of drug-likeness (QED) is 0.237. The Bertz CT molecular complexity index is 445. The zero-order valence-electron chi connectivity index (χ0n) is 18.9. The fourth-order valence-electron chi connectivity index (χ4n) is 1.87. The molecule has 0 aliphatic heterocycles. The molecule has 1 amide bonds. The van der Waals surface area contributed by atoms with Crippen LogP contribution in [0.4, 0.5) is 9.18 Å². The first-order chi connectivity index (χ1) is 15.0. The van der Waals surface area contributed by atoms with E-state index < -0.39 is 6.17 Å². The van der Waals surface area contributed by atoms with E-state index in [1.807, 2.05) is 13.8 Å². The van der Waals surface area contributed by atoms with Gasteiger partial charge in [0, 0.05) is 5.92 Å². The number of nitrogens with one attached hydrogen (secondary N) is 1. The number of carbonyl (C=O) groups is 2. The molecule has 0 radical (unpaired) electrons. The highest BCUT2D eigenvalue weighted by atomic mass is 32.2. The molecule has 11 heteroatoms. The number of ketones is 1. The SMILES string of the molecule is CSC(=O)NCC(F)COCCOCCOCCOCCOCCOCC(=O)C(C)C. The molecule has 0 aliphatic carbocycles. The summed E-state index contributed by atoms with van der Waals surface area (Å²) in [6, 6.07) is 0. The van der Waals surface area contributed by atoms with E-state index >= 15 is 0 Å². The van der Waals surface area contributed by atoms with E-state index in [9.17, 15) is 14.0 Å². The first kappa shape index (κ1) is 30.2. The minimum absolute atomic E-state index is 0.00942. The summed E-state index contributed by atoms with van der Waals surface area (Å²) in [5.74, 6) is 0.0757. The second kappa shape index (κ2) is 22.4. The van der Waals surface area contributed by atoms with Gasteiger partial charge in [0.2, 0.25) is 0 Å². The van der Waals surface area contributed by atoms with Crippen molar-refractivity contribution >= 4 is 22.8 Å². The van der Waals surface area contributed by atoms with Crippen molar-refractivity contribution in [3.63, 3.8) is 0 Å². The van der Waals surface area contributed by atoms with Crippen LogP contribution < -0.4 is 5.32 Å². The van der Waals surface area contributed by atoms with Crippen LogP contribution in [0.3, 0.4) is 0 Å². The van der Waals surface area contributed by atoms with Gasteiger partial charge in [-0.3, -0.25) is 9.59 Å². The van der Waals surface area contributed by atoms with Gasteiger partial charge in [0.25, 0.3) is 5.24 Å². The molecule has 1 atom stereocenters. The average molecular weight is 472 g/mol. The van der Waals surface area contributed by atoms with Gasteiger partial charge in [0.1, 0.15) is 12.8 Å². The van der Waals surface area contributed by atoms with Crippen molar-refractivity contribution in [1.82, 2.24) is 5.32 Å². The van der Waals surface area contributed by atoms with E-state index in [0.29, 0.717) is 59.5 Å². The Balaban J connectivity index is 3.17. The normalized spacial score (nSPS) is 12.3. The Morgan fingerprint density at radius 3 is 1.61 bits per heavy atom. The zero-order chi connectivity index (χ0) is 23.2. The molecule has 9 nitrogen and oxygen atoms in total. The molecule has 1 N–H and O–H groups in total. The van der Waals surface area contributed by atoms with Gasteiger partial charge in [0.15, 0.2) is 5.78 Å². The smallest absolute Gasteiger partial charge is 0.278 e. The average Bonchev–Trinajstić information content (AvgIpc) is 2.76. The van der Waals surface area contributed by atoms with E-state index in [4.69, 9.17) is 28.4 Å². The molecule has 0 aromatic rings. The van der Waals surface area contributed by atoms with Crippen LogP contribution in [-0.2, 0) is 33.2 Å². The van der Waals surface area contributed by atoms with Gasteiger partial charge in [0.05, 0.1) is 79.2 Å². The molecule has 1 unspecified atom stereocenters. The topological polar surface area (TPSA) is 102 Å². The van der Waals surface area contributed by atoms with Crippen molar-refractivity contribution in [1.29, 1.82) is 0 Å². The number of hydrogen-bond acceptors (Lipinski definition) is 9. The third-order valence-electron chi connectivity index (χ3n) is 3.70. The molecule has 0 fully saturated rings. The Kier molecular flexibility index (Phi) is 21.8. The van der Waals surface area contributed by atoms with E-state index in [1.165, 1.54) is 0 Å². The monoisotopic (exact) mass is 471 g/mol. The molecule has 0 rings (SSSR count). The van der Waals surface area contributed by atoms with Crippen LogP contribution in [0.5, 0.6) is 0 Å². The van der Waals surface area contributed by atoms with Crippen molar-refractivity contribution in [2.45, 2.75) is 20.0 Å². The van der Waals surface area contributed by atoms with Crippen LogP contribution in [0.25, 0.3) is 0 Å². The van der Waals surface area contributed by atoms with Gasteiger partial charge in [-0.2, -0.15) is 0 Å². The van der Waals surface area contributed by atoms with Crippen molar-refractivity contribution in [3.8, 4) is 0 Å². The molecule has 0 saturated heterocycles. The highest BCUT2D eigenvalue weighted by molar-refractivity contribution is 8.12. The summed E-state index contributed by atoms with van der Waals surface area (Å²) in [4.78, 5) is 22.3. The van der Waals surface area contributed by atoms with Gasteiger partial charge in [-0.25, -0.2) is 4.39 Å². The van der Waals surface area contributed by atoms with E-state index in [0.717, 1.165) is 11.8 Å². The van der Waals surface area contributed by atoms with Gasteiger partial charge in [-0.15, -0.1) is 0 Å². The molecule has 0 bridgehead atoms. The van der Waals surface area contributed by atoms with Crippen molar-refractivity contribution in [2.24, 2.45) is 5.92 Å². The van der Waals surface area contributed by atoms with Gasteiger partial charge in [-0.1, -0.05) is 25.6 Å². The summed E-state index contributed by atoms with van der Waals surface area (Å²) in [5, 5.41) is 2.17. The number of halogens is 1. The lowest BCUT2D eigenvalue weighted by Crippen LogP contribution is -2.30. The number of carbonyl (C=O) groups excluding carboxylic acids is 2. The maximum atomic E-state index is 13.4. The van der Waals surface area contributed by atoms with E-state index in [1.54, 1.807) is 6.26 Å². The van der Waals surface area contributed by atoms with Gasteiger partial charge < -0.3 is 33.7 Å². The Hall–Kier alpha value is -0.820. The second-order valence-corrected chi connectivity index (χ2v) is 7.45. The molecule has 184 valence electrons. The molecule has 0 spiro atoms. The lowest BCUT2D eigenvalue weighted by atomic mass is 10.1. The van der Waals surface area contributed by atoms with E-state index in [2.05, 4.69) is 5.32 Å². The fourth-order valence-corrected chi connectivity index (χ4v) is 2.10. The lowest BCUT2D eigenvalue weighted by molar-refractivity contribution is -0.127. The van der Waals surface area contributed by atoms with Crippen LogP contribution in [0.15, 0.2) is 0 Å². The highest BCUT2D eigenvalue weighted by Gasteiger charge is 2.08. The number of amides is 1. The summed E-state index contributed by atoms with van der Waals surface area (Å²) in [6.45, 7) is 7.76. The van der Waals surface area contributed by atoms with Gasteiger partial charge in [-0.05, 0) is 6.26 Å². The number of Topliss-reactive ketones (excluding diaryl/α,β-unsaturated/α-hetero) is 1. The highest BCUT2D eigenvalue weighted by Crippen LogP contribution is 1.96. The predicted octanol–water partition coefficient (Wildman–Crippen LogP) is 1.72. The molecule has 0 aromatic carbocycles. The minimum atomic E-state index is -1.24.